The third-order valence-electron chi connectivity index (χ3n) is 7.05. The Hall–Kier alpha value is -4.61. The van der Waals surface area contributed by atoms with Gasteiger partial charge in [-0.3, -0.25) is 14.3 Å². The number of benzene rings is 3. The summed E-state index contributed by atoms with van der Waals surface area (Å²) in [5.74, 6) is 1.18. The predicted molar refractivity (Wildman–Crippen MR) is 148 cm³/mol. The maximum Gasteiger partial charge on any atom is 0.415 e. The Bertz CT molecular complexity index is 1620. The van der Waals surface area contributed by atoms with Gasteiger partial charge in [0.05, 0.1) is 26.4 Å². The number of methoxy groups -OCH3 is 2. The largest absolute Gasteiger partial charge is 0.497 e. The number of halogens is 3. The molecule has 0 amide bonds. The molecule has 0 fully saturated rings. The number of rotatable bonds is 9. The molecule has 2 atom stereocenters. The highest BCUT2D eigenvalue weighted by atomic mass is 19.4. The number of H-pyrrole nitrogens is 1. The average molecular weight is 581 g/mol. The summed E-state index contributed by atoms with van der Waals surface area (Å²) in [4.78, 5) is 25.9. The van der Waals surface area contributed by atoms with Gasteiger partial charge in [0.2, 0.25) is 0 Å². The molecule has 0 saturated heterocycles. The van der Waals surface area contributed by atoms with E-state index >= 15 is 0 Å². The van der Waals surface area contributed by atoms with Gasteiger partial charge in [-0.2, -0.15) is 13.2 Å². The van der Waals surface area contributed by atoms with Crippen molar-refractivity contribution in [3.05, 3.63) is 140 Å². The first-order valence-corrected chi connectivity index (χ1v) is 12.9. The van der Waals surface area contributed by atoms with Gasteiger partial charge in [0.15, 0.2) is 6.23 Å². The summed E-state index contributed by atoms with van der Waals surface area (Å²) in [5.41, 5.74) is -2.05. The summed E-state index contributed by atoms with van der Waals surface area (Å²) < 4.78 is 66.6. The highest BCUT2D eigenvalue weighted by Gasteiger charge is 2.47. The molecule has 1 N–H and O–H groups in total. The third kappa shape index (κ3) is 5.61. The van der Waals surface area contributed by atoms with Crippen LogP contribution in [0.4, 0.5) is 13.2 Å². The second-order valence-electron chi connectivity index (χ2n) is 9.47. The molecule has 1 aliphatic heterocycles. The number of hydrogen-bond acceptors (Lipinski definition) is 6. The maximum atomic E-state index is 14.2. The molecular weight excluding hydrogens is 553 g/mol. The lowest BCUT2D eigenvalue weighted by atomic mass is 9.80. The van der Waals surface area contributed by atoms with Crippen LogP contribution in [0.5, 0.6) is 11.5 Å². The summed E-state index contributed by atoms with van der Waals surface area (Å²) in [6.45, 7) is -0.535. The van der Waals surface area contributed by atoms with E-state index in [1.807, 2.05) is 35.3 Å². The molecular formula is C31H27F3N2O6. The number of hydrogen-bond donors (Lipinski definition) is 1. The molecule has 0 bridgehead atoms. The number of nitrogens with zero attached hydrogens (tertiary/aromatic N) is 1. The van der Waals surface area contributed by atoms with E-state index in [4.69, 9.17) is 18.9 Å². The van der Waals surface area contributed by atoms with Crippen LogP contribution in [0, 0.1) is 0 Å². The molecule has 0 unspecified atom stereocenters. The Morgan fingerprint density at radius 3 is 1.86 bits per heavy atom. The lowest BCUT2D eigenvalue weighted by molar-refractivity contribution is -0.124. The van der Waals surface area contributed by atoms with Crippen molar-refractivity contribution in [1.82, 2.24) is 9.55 Å². The van der Waals surface area contributed by atoms with Crippen molar-refractivity contribution in [3.8, 4) is 11.5 Å². The molecule has 1 aromatic heterocycles. The van der Waals surface area contributed by atoms with Gasteiger partial charge in [-0.25, -0.2) is 4.79 Å². The lowest BCUT2D eigenvalue weighted by Gasteiger charge is -2.37. The van der Waals surface area contributed by atoms with Gasteiger partial charge in [-0.15, -0.1) is 0 Å². The summed E-state index contributed by atoms with van der Waals surface area (Å²) in [7, 11) is 3.07. The van der Waals surface area contributed by atoms with Crippen LogP contribution in [-0.4, -0.2) is 42.7 Å². The fraction of sp³-hybridized carbons (Fsp3) is 0.226. The van der Waals surface area contributed by atoms with Crippen molar-refractivity contribution in [2.24, 2.45) is 0 Å². The van der Waals surface area contributed by atoms with Crippen LogP contribution >= 0.6 is 0 Å². The van der Waals surface area contributed by atoms with Crippen LogP contribution in [0.3, 0.4) is 0 Å². The van der Waals surface area contributed by atoms with Crippen LogP contribution in [-0.2, 0) is 15.1 Å². The minimum Gasteiger partial charge on any atom is -0.497 e. The molecule has 4 aromatic rings. The monoisotopic (exact) mass is 580 g/mol. The molecule has 8 nitrogen and oxygen atoms in total. The van der Waals surface area contributed by atoms with E-state index in [1.54, 1.807) is 48.5 Å². The van der Waals surface area contributed by atoms with Gasteiger partial charge in [0, 0.05) is 12.3 Å². The van der Waals surface area contributed by atoms with E-state index in [2.05, 4.69) is 0 Å². The van der Waals surface area contributed by atoms with Crippen LogP contribution in [0.15, 0.2) is 112 Å². The van der Waals surface area contributed by atoms with Crippen LogP contribution < -0.4 is 20.7 Å². The Kier molecular flexibility index (Phi) is 8.06. The Labute approximate surface area is 238 Å². The SMILES string of the molecule is COc1ccc(C(OC[C@H]2O[C@@H](n3ccc(=O)[nH]c3=O)C=C2C(F)(F)F)(c2ccccc2)c2ccc(OC)cc2)cc1. The van der Waals surface area contributed by atoms with Gasteiger partial charge in [0.25, 0.3) is 5.56 Å². The standard InChI is InChI=1S/C31H27F3N2O6/c1-39-23-12-8-21(9-13-23)30(20-6-4-3-5-7-20,22-10-14-24(40-2)15-11-22)41-19-26-25(31(32,33)34)18-28(42-26)36-17-16-27(37)35-29(36)38/h3-18,26,28H,19H2,1-2H3,(H,35,37,38)/t26-,28-/m1/s1. The first-order valence-electron chi connectivity index (χ1n) is 12.9. The van der Waals surface area contributed by atoms with Gasteiger partial charge >= 0.3 is 11.9 Å². The summed E-state index contributed by atoms with van der Waals surface area (Å²) in [5, 5.41) is 0. The van der Waals surface area contributed by atoms with Crippen molar-refractivity contribution in [2.75, 3.05) is 20.8 Å². The van der Waals surface area contributed by atoms with Crippen molar-refractivity contribution in [2.45, 2.75) is 24.1 Å². The van der Waals surface area contributed by atoms with E-state index in [-0.39, 0.29) is 0 Å². The normalized spacial score (nSPS) is 17.1. The van der Waals surface area contributed by atoms with E-state index in [0.717, 1.165) is 22.9 Å². The zero-order valence-corrected chi connectivity index (χ0v) is 22.6. The molecule has 0 aliphatic carbocycles. The van der Waals surface area contributed by atoms with E-state index in [1.165, 1.54) is 14.2 Å². The van der Waals surface area contributed by atoms with Gasteiger partial charge < -0.3 is 18.9 Å². The van der Waals surface area contributed by atoms with Gasteiger partial charge in [-0.1, -0.05) is 54.6 Å². The zero-order valence-electron chi connectivity index (χ0n) is 22.6. The topological polar surface area (TPSA) is 91.8 Å². The second kappa shape index (κ2) is 11.7. The van der Waals surface area contributed by atoms with Gasteiger partial charge in [0.1, 0.15) is 23.2 Å². The smallest absolute Gasteiger partial charge is 0.415 e. The van der Waals surface area contributed by atoms with Crippen molar-refractivity contribution in [3.63, 3.8) is 0 Å². The number of nitrogens with one attached hydrogen (secondary N) is 1. The van der Waals surface area contributed by atoms with Crippen molar-refractivity contribution >= 4 is 0 Å². The Morgan fingerprint density at radius 2 is 1.36 bits per heavy atom. The first kappa shape index (κ1) is 28.9. The Balaban J connectivity index is 1.60. The fourth-order valence-corrected chi connectivity index (χ4v) is 5.00. The molecule has 11 heteroatoms. The fourth-order valence-electron chi connectivity index (χ4n) is 5.00. The minimum atomic E-state index is -4.77. The third-order valence-corrected chi connectivity index (χ3v) is 7.05. The van der Waals surface area contributed by atoms with Crippen molar-refractivity contribution < 1.29 is 32.1 Å². The molecule has 5 rings (SSSR count). The first-order chi connectivity index (χ1) is 20.2. The molecule has 2 heterocycles. The highest BCUT2D eigenvalue weighted by molar-refractivity contribution is 5.49. The summed E-state index contributed by atoms with van der Waals surface area (Å²) in [6.07, 6.45) is -5.87. The molecule has 3 aromatic carbocycles. The molecule has 42 heavy (non-hydrogen) atoms. The van der Waals surface area contributed by atoms with Crippen molar-refractivity contribution in [1.29, 1.82) is 0 Å². The van der Waals surface area contributed by atoms with Crippen LogP contribution in [0.1, 0.15) is 22.9 Å². The summed E-state index contributed by atoms with van der Waals surface area (Å²) >= 11 is 0. The summed E-state index contributed by atoms with van der Waals surface area (Å²) in [6, 6.07) is 24.2. The second-order valence-corrected chi connectivity index (χ2v) is 9.47. The van der Waals surface area contributed by atoms with Gasteiger partial charge in [-0.05, 0) is 47.0 Å². The average Bonchev–Trinajstić information content (AvgIpc) is 3.43. The number of aromatic nitrogens is 2. The molecule has 218 valence electrons. The lowest BCUT2D eigenvalue weighted by Crippen LogP contribution is -2.38. The van der Waals surface area contributed by atoms with Crippen LogP contribution in [0.25, 0.3) is 0 Å². The number of alkyl halides is 3. The maximum absolute atomic E-state index is 14.2. The number of aromatic amines is 1. The van der Waals surface area contributed by atoms with E-state index in [0.29, 0.717) is 28.2 Å². The van der Waals surface area contributed by atoms with Crippen LogP contribution in [0.2, 0.25) is 0 Å². The highest BCUT2D eigenvalue weighted by Crippen LogP contribution is 2.44. The Morgan fingerprint density at radius 1 is 0.810 bits per heavy atom. The minimum absolute atomic E-state index is 0.535. The quantitative estimate of drug-likeness (QED) is 0.223. The predicted octanol–water partition coefficient (Wildman–Crippen LogP) is 4.95. The molecule has 0 saturated carbocycles. The van der Waals surface area contributed by atoms with E-state index in [9.17, 15) is 22.8 Å². The molecule has 0 radical (unpaired) electrons. The molecule has 0 spiro atoms. The zero-order chi connectivity index (χ0) is 29.9. The van der Waals surface area contributed by atoms with E-state index < -0.39 is 47.5 Å². The number of ether oxygens (including phenoxy) is 4. The molecule has 1 aliphatic rings.